The van der Waals surface area contributed by atoms with Gasteiger partial charge in [-0.3, -0.25) is 5.43 Å². The average molecular weight is 508 g/mol. The van der Waals surface area contributed by atoms with E-state index in [1.54, 1.807) is 36.5 Å². The van der Waals surface area contributed by atoms with Crippen molar-refractivity contribution in [2.24, 2.45) is 5.10 Å². The lowest BCUT2D eigenvalue weighted by atomic mass is 10.1. The SMILES string of the molecule is CCOc1cc(C=NNc2nc(-c3ccccc3)c(C)s2)ccc1OS(=O)(=O)c1ccc(C)cc1. The molecule has 1 aromatic heterocycles. The third-order valence-corrected chi connectivity index (χ3v) is 7.12. The van der Waals surface area contributed by atoms with Crippen LogP contribution in [0, 0.1) is 13.8 Å². The van der Waals surface area contributed by atoms with Crippen LogP contribution in [0.1, 0.15) is 22.9 Å². The highest BCUT2D eigenvalue weighted by molar-refractivity contribution is 7.87. The minimum Gasteiger partial charge on any atom is -0.490 e. The van der Waals surface area contributed by atoms with E-state index in [1.807, 2.05) is 51.1 Å². The Kier molecular flexibility index (Phi) is 7.48. The zero-order valence-electron chi connectivity index (χ0n) is 19.6. The zero-order valence-corrected chi connectivity index (χ0v) is 21.2. The minimum atomic E-state index is -3.99. The monoisotopic (exact) mass is 507 g/mol. The summed E-state index contributed by atoms with van der Waals surface area (Å²) in [7, 11) is -3.99. The molecule has 0 unspecified atom stereocenters. The number of ether oxygens (including phenoxy) is 1. The van der Waals surface area contributed by atoms with Gasteiger partial charge in [-0.2, -0.15) is 13.5 Å². The van der Waals surface area contributed by atoms with Crippen LogP contribution >= 0.6 is 11.3 Å². The summed E-state index contributed by atoms with van der Waals surface area (Å²) in [4.78, 5) is 5.79. The molecule has 0 saturated heterocycles. The predicted molar refractivity (Wildman–Crippen MR) is 140 cm³/mol. The van der Waals surface area contributed by atoms with Crippen LogP contribution in [-0.4, -0.2) is 26.2 Å². The fraction of sp³-hybridized carbons (Fsp3) is 0.154. The lowest BCUT2D eigenvalue weighted by Gasteiger charge is -2.12. The quantitative estimate of drug-likeness (QED) is 0.169. The molecule has 0 aliphatic heterocycles. The topological polar surface area (TPSA) is 89.9 Å². The number of nitrogens with one attached hydrogen (secondary N) is 1. The maximum absolute atomic E-state index is 12.7. The van der Waals surface area contributed by atoms with E-state index < -0.39 is 10.1 Å². The van der Waals surface area contributed by atoms with E-state index in [4.69, 9.17) is 8.92 Å². The number of rotatable bonds is 9. The number of hydrazone groups is 1. The van der Waals surface area contributed by atoms with Crippen LogP contribution in [0.4, 0.5) is 5.13 Å². The molecule has 9 heteroatoms. The van der Waals surface area contributed by atoms with Crippen molar-refractivity contribution in [1.82, 2.24) is 4.98 Å². The summed E-state index contributed by atoms with van der Waals surface area (Å²) < 4.78 is 36.4. The van der Waals surface area contributed by atoms with Crippen molar-refractivity contribution in [2.45, 2.75) is 25.7 Å². The second-order valence-corrected chi connectivity index (χ2v) is 10.4. The molecule has 4 aromatic rings. The molecule has 7 nitrogen and oxygen atoms in total. The second kappa shape index (κ2) is 10.7. The first kappa shape index (κ1) is 24.4. The normalized spacial score (nSPS) is 11.5. The number of hydrogen-bond acceptors (Lipinski definition) is 8. The molecule has 0 spiro atoms. The molecule has 1 N–H and O–H groups in total. The highest BCUT2D eigenvalue weighted by atomic mass is 32.2. The van der Waals surface area contributed by atoms with Crippen LogP contribution in [0.3, 0.4) is 0 Å². The fourth-order valence-electron chi connectivity index (χ4n) is 3.28. The van der Waals surface area contributed by atoms with Crippen molar-refractivity contribution in [1.29, 1.82) is 0 Å². The molecular weight excluding hydrogens is 482 g/mol. The van der Waals surface area contributed by atoms with E-state index in [0.717, 1.165) is 21.7 Å². The van der Waals surface area contributed by atoms with E-state index in [1.165, 1.54) is 23.5 Å². The first-order chi connectivity index (χ1) is 16.9. The third kappa shape index (κ3) is 6.06. The highest BCUT2D eigenvalue weighted by Crippen LogP contribution is 2.32. The van der Waals surface area contributed by atoms with Crippen molar-refractivity contribution in [3.63, 3.8) is 0 Å². The van der Waals surface area contributed by atoms with Crippen molar-refractivity contribution >= 4 is 32.8 Å². The maximum atomic E-state index is 12.7. The molecule has 0 amide bonds. The molecule has 4 rings (SSSR count). The Morgan fingerprint density at radius 2 is 1.74 bits per heavy atom. The lowest BCUT2D eigenvalue weighted by molar-refractivity contribution is 0.327. The molecule has 0 atom stereocenters. The van der Waals surface area contributed by atoms with E-state index in [-0.39, 0.29) is 10.6 Å². The Morgan fingerprint density at radius 1 is 1.00 bits per heavy atom. The number of nitrogens with zero attached hydrogens (tertiary/aromatic N) is 2. The number of thiazole rings is 1. The number of aromatic nitrogens is 1. The molecule has 0 radical (unpaired) electrons. The van der Waals surface area contributed by atoms with Gasteiger partial charge < -0.3 is 8.92 Å². The van der Waals surface area contributed by atoms with Gasteiger partial charge in [0.05, 0.1) is 18.5 Å². The number of aryl methyl sites for hydroxylation is 2. The van der Waals surface area contributed by atoms with E-state index in [0.29, 0.717) is 23.1 Å². The van der Waals surface area contributed by atoms with Gasteiger partial charge in [0.2, 0.25) is 5.13 Å². The van der Waals surface area contributed by atoms with Crippen LogP contribution in [-0.2, 0) is 10.1 Å². The van der Waals surface area contributed by atoms with Gasteiger partial charge in [-0.25, -0.2) is 4.98 Å². The molecule has 0 aliphatic carbocycles. The van der Waals surface area contributed by atoms with E-state index >= 15 is 0 Å². The first-order valence-electron chi connectivity index (χ1n) is 11.0. The van der Waals surface area contributed by atoms with Crippen molar-refractivity contribution in [3.05, 3.63) is 88.8 Å². The van der Waals surface area contributed by atoms with Crippen LogP contribution in [0.15, 0.2) is 82.8 Å². The van der Waals surface area contributed by atoms with Gasteiger partial charge in [0.25, 0.3) is 0 Å². The van der Waals surface area contributed by atoms with E-state index in [2.05, 4.69) is 15.5 Å². The Balaban J connectivity index is 1.49. The standard InChI is InChI=1S/C26H25N3O4S2/c1-4-32-24-16-20(12-15-23(24)33-35(30,31)22-13-10-18(2)11-14-22)17-27-29-26-28-25(19(3)34-26)21-8-6-5-7-9-21/h5-17H,4H2,1-3H3,(H,28,29). The fourth-order valence-corrected chi connectivity index (χ4v) is 5.01. The van der Waals surface area contributed by atoms with Crippen LogP contribution in [0.5, 0.6) is 11.5 Å². The molecular formula is C26H25N3O4S2. The van der Waals surface area contributed by atoms with Gasteiger partial charge >= 0.3 is 10.1 Å². The van der Waals surface area contributed by atoms with Crippen molar-refractivity contribution in [2.75, 3.05) is 12.0 Å². The molecule has 0 fully saturated rings. The summed E-state index contributed by atoms with van der Waals surface area (Å²) in [6.45, 7) is 6.07. The van der Waals surface area contributed by atoms with Gasteiger partial charge in [0.15, 0.2) is 11.5 Å². The average Bonchev–Trinajstić information content (AvgIpc) is 3.22. The number of benzene rings is 3. The molecule has 3 aromatic carbocycles. The van der Waals surface area contributed by atoms with Crippen LogP contribution in [0.25, 0.3) is 11.3 Å². The van der Waals surface area contributed by atoms with Gasteiger partial charge in [-0.15, -0.1) is 11.3 Å². The van der Waals surface area contributed by atoms with Gasteiger partial charge in [0.1, 0.15) is 4.90 Å². The van der Waals surface area contributed by atoms with Crippen LogP contribution in [0.2, 0.25) is 0 Å². The summed E-state index contributed by atoms with van der Waals surface area (Å²) in [6.07, 6.45) is 1.61. The summed E-state index contributed by atoms with van der Waals surface area (Å²) in [6, 6.07) is 21.4. The third-order valence-electron chi connectivity index (χ3n) is 4.99. The Morgan fingerprint density at radius 3 is 2.46 bits per heavy atom. The first-order valence-corrected chi connectivity index (χ1v) is 13.2. The summed E-state index contributed by atoms with van der Waals surface area (Å²) in [5.74, 6) is 0.421. The van der Waals surface area contributed by atoms with Crippen molar-refractivity contribution < 1.29 is 17.3 Å². The summed E-state index contributed by atoms with van der Waals surface area (Å²) in [5, 5.41) is 4.95. The molecule has 35 heavy (non-hydrogen) atoms. The highest BCUT2D eigenvalue weighted by Gasteiger charge is 2.19. The molecule has 0 saturated carbocycles. The summed E-state index contributed by atoms with van der Waals surface area (Å²) >= 11 is 1.52. The van der Waals surface area contributed by atoms with Gasteiger partial charge in [-0.05, 0) is 56.7 Å². The Bertz CT molecular complexity index is 1430. The minimum absolute atomic E-state index is 0.0778. The molecule has 1 heterocycles. The number of anilines is 1. The molecule has 180 valence electrons. The van der Waals surface area contributed by atoms with Gasteiger partial charge in [0, 0.05) is 10.4 Å². The van der Waals surface area contributed by atoms with E-state index in [9.17, 15) is 8.42 Å². The summed E-state index contributed by atoms with van der Waals surface area (Å²) in [5.41, 5.74) is 6.60. The van der Waals surface area contributed by atoms with Crippen LogP contribution < -0.4 is 14.3 Å². The second-order valence-electron chi connectivity index (χ2n) is 7.65. The van der Waals surface area contributed by atoms with Crippen molar-refractivity contribution in [3.8, 4) is 22.8 Å². The smallest absolute Gasteiger partial charge is 0.339 e. The maximum Gasteiger partial charge on any atom is 0.339 e. The van der Waals surface area contributed by atoms with Gasteiger partial charge in [-0.1, -0.05) is 48.0 Å². The Labute approximate surface area is 209 Å². The molecule has 0 bridgehead atoms. The predicted octanol–water partition coefficient (Wildman–Crippen LogP) is 6.04. The zero-order chi connectivity index (χ0) is 24.8. The molecule has 0 aliphatic rings. The number of hydrogen-bond donors (Lipinski definition) is 1. The lowest BCUT2D eigenvalue weighted by Crippen LogP contribution is -2.11. The Hall–Kier alpha value is -3.69. The largest absolute Gasteiger partial charge is 0.490 e.